The van der Waals surface area contributed by atoms with Gasteiger partial charge in [0.15, 0.2) is 0 Å². The van der Waals surface area contributed by atoms with Crippen molar-refractivity contribution in [1.29, 1.82) is 0 Å². The molecule has 0 aromatic carbocycles. The van der Waals surface area contributed by atoms with Crippen LogP contribution in [0.4, 0.5) is 0 Å². The molecule has 1 N–H and O–H groups in total. The van der Waals surface area contributed by atoms with Gasteiger partial charge in [0.25, 0.3) is 0 Å². The van der Waals surface area contributed by atoms with Crippen LogP contribution < -0.4 is 29.6 Å². The fourth-order valence-corrected chi connectivity index (χ4v) is 0. The van der Waals surface area contributed by atoms with Gasteiger partial charge in [-0.2, -0.15) is 0 Å². The van der Waals surface area contributed by atoms with Gasteiger partial charge < -0.3 is 4.43 Å². The van der Waals surface area contributed by atoms with Crippen molar-refractivity contribution in [2.45, 2.75) is 6.92 Å². The van der Waals surface area contributed by atoms with E-state index in [2.05, 4.69) is 14.9 Å². The molecule has 0 saturated carbocycles. The van der Waals surface area contributed by atoms with Gasteiger partial charge in [-0.3, -0.25) is 0 Å². The molecule has 0 atom stereocenters. The summed E-state index contributed by atoms with van der Waals surface area (Å²) in [6.07, 6.45) is 0. The standard InChI is InChI=1S/C2H6OSi.Na/c1-2-3-4;/h3H,2H2,1H3;/q2*+1. The smallest absolute Gasteiger partial charge is 0.523 e. The first kappa shape index (κ1) is 9.49. The average Bonchev–Trinajstić information content (AvgIpc) is 1.37. The molecule has 0 rings (SSSR count). The SMILES string of the molecule is CC[OH+][Si].[Na+]. The van der Waals surface area contributed by atoms with Gasteiger partial charge in [-0.05, 0) is 0 Å². The summed E-state index contributed by atoms with van der Waals surface area (Å²) in [6, 6.07) is 0. The summed E-state index contributed by atoms with van der Waals surface area (Å²) in [4.78, 5) is 0. The zero-order valence-corrected chi connectivity index (χ0v) is 6.65. The van der Waals surface area contributed by atoms with Crippen LogP contribution in [0.2, 0.25) is 0 Å². The Morgan fingerprint density at radius 1 is 1.80 bits per heavy atom. The molecule has 0 bridgehead atoms. The Morgan fingerprint density at radius 3 is 2.00 bits per heavy atom. The van der Waals surface area contributed by atoms with Crippen LogP contribution in [0.1, 0.15) is 6.92 Å². The summed E-state index contributed by atoms with van der Waals surface area (Å²) in [7, 11) is 2.91. The average molecular weight is 97.1 g/mol. The Balaban J connectivity index is 0. The zero-order chi connectivity index (χ0) is 3.41. The van der Waals surface area contributed by atoms with Crippen molar-refractivity contribution < 1.29 is 34.0 Å². The third kappa shape index (κ3) is 11.0. The van der Waals surface area contributed by atoms with Crippen LogP contribution in [0.5, 0.6) is 0 Å². The van der Waals surface area contributed by atoms with E-state index >= 15 is 0 Å². The van der Waals surface area contributed by atoms with Crippen LogP contribution in [-0.2, 0) is 0 Å². The maximum Gasteiger partial charge on any atom is 1.00 e. The van der Waals surface area contributed by atoms with E-state index in [4.69, 9.17) is 0 Å². The molecule has 0 aliphatic rings. The number of aliphatic hydroxyl groups is 1. The summed E-state index contributed by atoms with van der Waals surface area (Å²) in [5.41, 5.74) is 0. The molecule has 0 unspecified atom stereocenters. The number of rotatable bonds is 1. The molecule has 5 heavy (non-hydrogen) atoms. The summed E-state index contributed by atoms with van der Waals surface area (Å²) in [6.45, 7) is 2.82. The third-order valence-corrected chi connectivity index (χ3v) is 0.474. The Bertz CT molecular complexity index is 11.6. The summed E-state index contributed by atoms with van der Waals surface area (Å²) >= 11 is 0. The largest absolute Gasteiger partial charge is 1.00 e. The van der Waals surface area contributed by atoms with E-state index in [1.807, 2.05) is 6.92 Å². The van der Waals surface area contributed by atoms with E-state index in [1.54, 1.807) is 0 Å². The van der Waals surface area contributed by atoms with Gasteiger partial charge in [0, 0.05) is 6.92 Å². The molecule has 1 nitrogen and oxygen atoms in total. The molecule has 0 aromatic heterocycles. The molecule has 0 aliphatic heterocycles. The van der Waals surface area contributed by atoms with Crippen LogP contribution in [-0.4, -0.2) is 21.5 Å². The molecule has 0 amide bonds. The van der Waals surface area contributed by atoms with Gasteiger partial charge in [0.05, 0.1) is 0 Å². The number of hydrogen-bond donors (Lipinski definition) is 0. The predicted molar refractivity (Wildman–Crippen MR) is 18.5 cm³/mol. The van der Waals surface area contributed by atoms with Gasteiger partial charge in [0.2, 0.25) is 0 Å². The van der Waals surface area contributed by atoms with Crippen LogP contribution >= 0.6 is 0 Å². The van der Waals surface area contributed by atoms with Crippen molar-refractivity contribution in [2.24, 2.45) is 0 Å². The molecule has 3 radical (unpaired) electrons. The maximum absolute atomic E-state index is 3.54. The minimum Gasteiger partial charge on any atom is -0.523 e. The van der Waals surface area contributed by atoms with Crippen LogP contribution in [0.3, 0.4) is 0 Å². The van der Waals surface area contributed by atoms with E-state index in [9.17, 15) is 0 Å². The quantitative estimate of drug-likeness (QED) is 0.239. The normalized spacial score (nSPS) is 6.00. The van der Waals surface area contributed by atoms with Gasteiger partial charge in [-0.25, -0.2) is 0 Å². The second-order valence-electron chi connectivity index (χ2n) is 0.474. The molecular formula is C2H6NaOSi+2. The van der Waals surface area contributed by atoms with Crippen LogP contribution in [0.15, 0.2) is 0 Å². The first-order valence-corrected chi connectivity index (χ1v) is 1.69. The second kappa shape index (κ2) is 8.95. The molecule has 0 fully saturated rings. The monoisotopic (exact) mass is 97.0 g/mol. The van der Waals surface area contributed by atoms with Gasteiger partial charge in [-0.1, -0.05) is 0 Å². The minimum atomic E-state index is 0. The fraction of sp³-hybridized carbons (Fsp3) is 1.00. The summed E-state index contributed by atoms with van der Waals surface area (Å²) in [5.74, 6) is 0. The maximum atomic E-state index is 3.54. The predicted octanol–water partition coefficient (Wildman–Crippen LogP) is -3.38. The van der Waals surface area contributed by atoms with E-state index < -0.39 is 0 Å². The molecule has 0 heterocycles. The molecule has 23 valence electrons. The Labute approximate surface area is 57.9 Å². The molecule has 0 aromatic rings. The Morgan fingerprint density at radius 2 is 2.00 bits per heavy atom. The summed E-state index contributed by atoms with van der Waals surface area (Å²) in [5, 5.41) is 0. The molecule has 0 spiro atoms. The van der Waals surface area contributed by atoms with Gasteiger partial charge >= 0.3 is 40.0 Å². The Hall–Kier alpha value is 1.18. The van der Waals surface area contributed by atoms with E-state index in [0.717, 1.165) is 6.61 Å². The zero-order valence-electron chi connectivity index (χ0n) is 3.65. The van der Waals surface area contributed by atoms with E-state index in [0.29, 0.717) is 0 Å². The van der Waals surface area contributed by atoms with E-state index in [1.165, 1.54) is 0 Å². The molecular weight excluding hydrogens is 91.1 g/mol. The van der Waals surface area contributed by atoms with Crippen LogP contribution in [0.25, 0.3) is 0 Å². The van der Waals surface area contributed by atoms with E-state index in [-0.39, 0.29) is 29.6 Å². The summed E-state index contributed by atoms with van der Waals surface area (Å²) < 4.78 is 3.54. The topological polar surface area (TPSA) is 12.8 Å². The van der Waals surface area contributed by atoms with Crippen molar-refractivity contribution in [3.63, 3.8) is 0 Å². The van der Waals surface area contributed by atoms with Gasteiger partial charge in [-0.15, -0.1) is 0 Å². The first-order chi connectivity index (χ1) is 1.91. The first-order valence-electron chi connectivity index (χ1n) is 1.25. The fourth-order valence-electron chi connectivity index (χ4n) is 0. The third-order valence-electron chi connectivity index (χ3n) is 0.158. The second-order valence-corrected chi connectivity index (χ2v) is 0.791. The van der Waals surface area contributed by atoms with Crippen molar-refractivity contribution >= 4 is 10.5 Å². The van der Waals surface area contributed by atoms with Gasteiger partial charge in [0.1, 0.15) is 6.61 Å². The number of hydrogen-bond acceptors (Lipinski definition) is 0. The van der Waals surface area contributed by atoms with Crippen molar-refractivity contribution in [1.82, 2.24) is 0 Å². The van der Waals surface area contributed by atoms with Crippen LogP contribution in [0, 0.1) is 0 Å². The molecule has 0 aliphatic carbocycles. The van der Waals surface area contributed by atoms with Crippen molar-refractivity contribution in [3.05, 3.63) is 0 Å². The molecule has 0 saturated heterocycles. The minimum absolute atomic E-state index is 0. The Kier molecular flexibility index (Phi) is 17.0. The van der Waals surface area contributed by atoms with Crippen molar-refractivity contribution in [3.8, 4) is 0 Å². The van der Waals surface area contributed by atoms with Crippen molar-refractivity contribution in [2.75, 3.05) is 6.61 Å². The molecule has 3 heteroatoms.